The number of halogens is 2. The molecule has 2 N–H and O–H groups in total. The first-order chi connectivity index (χ1) is 5.96. The number of nitrogen functional groups attached to an aromatic ring is 1. The molecular formula is C8H10F2N2O. The molecule has 2 rings (SSSR count). The van der Waals surface area contributed by atoms with Crippen LogP contribution in [0.15, 0.2) is 10.6 Å². The van der Waals surface area contributed by atoms with Crippen molar-refractivity contribution >= 4 is 5.82 Å². The summed E-state index contributed by atoms with van der Waals surface area (Å²) in [7, 11) is 0. The van der Waals surface area contributed by atoms with E-state index in [1.54, 1.807) is 0 Å². The lowest BCUT2D eigenvalue weighted by Gasteiger charge is -2.19. The summed E-state index contributed by atoms with van der Waals surface area (Å²) in [5.41, 5.74) is 4.16. The Morgan fingerprint density at radius 3 is 2.54 bits per heavy atom. The monoisotopic (exact) mass is 188 g/mol. The van der Waals surface area contributed by atoms with Crippen LogP contribution in [-0.4, -0.2) is 11.1 Å². The number of rotatable bonds is 2. The highest BCUT2D eigenvalue weighted by Gasteiger charge is 2.62. The number of aromatic nitrogens is 1. The van der Waals surface area contributed by atoms with Crippen molar-refractivity contribution in [3.8, 4) is 0 Å². The number of nitrogens with two attached hydrogens (primary N) is 1. The van der Waals surface area contributed by atoms with Gasteiger partial charge in [-0.1, -0.05) is 5.16 Å². The Kier molecular flexibility index (Phi) is 1.44. The van der Waals surface area contributed by atoms with Crippen LogP contribution in [0, 0.1) is 0 Å². The van der Waals surface area contributed by atoms with E-state index in [0.717, 1.165) is 6.92 Å². The van der Waals surface area contributed by atoms with Gasteiger partial charge in [-0.3, -0.25) is 0 Å². The van der Waals surface area contributed by atoms with Crippen molar-refractivity contribution in [2.75, 3.05) is 5.73 Å². The molecule has 3 nitrogen and oxygen atoms in total. The summed E-state index contributed by atoms with van der Waals surface area (Å²) in [6, 6.07) is 1.38. The molecule has 0 aliphatic heterocycles. The van der Waals surface area contributed by atoms with Gasteiger partial charge in [0.15, 0.2) is 11.6 Å². The maximum Gasteiger partial charge on any atom is 0.258 e. The van der Waals surface area contributed by atoms with E-state index < -0.39 is 11.3 Å². The maximum atomic E-state index is 13.1. The third kappa shape index (κ3) is 1.10. The van der Waals surface area contributed by atoms with E-state index in [2.05, 4.69) is 5.16 Å². The molecule has 1 fully saturated rings. The van der Waals surface area contributed by atoms with Gasteiger partial charge in [0.1, 0.15) is 0 Å². The number of nitrogens with zero attached hydrogens (tertiary/aromatic N) is 1. The van der Waals surface area contributed by atoms with Gasteiger partial charge in [-0.15, -0.1) is 0 Å². The van der Waals surface area contributed by atoms with Crippen molar-refractivity contribution in [3.63, 3.8) is 0 Å². The van der Waals surface area contributed by atoms with Crippen LogP contribution in [0.1, 0.15) is 25.5 Å². The number of hydrogen-bond donors (Lipinski definition) is 1. The predicted molar refractivity (Wildman–Crippen MR) is 42.4 cm³/mol. The molecule has 0 bridgehead atoms. The Hall–Kier alpha value is -1.13. The first-order valence-corrected chi connectivity index (χ1v) is 4.06. The molecule has 0 saturated heterocycles. The highest BCUT2D eigenvalue weighted by molar-refractivity contribution is 5.35. The SMILES string of the molecule is CC(F)(F)C1(c2cc(N)no2)CC1. The molecule has 0 radical (unpaired) electrons. The molecule has 1 aromatic heterocycles. The lowest BCUT2D eigenvalue weighted by atomic mass is 9.96. The molecule has 0 spiro atoms. The molecule has 13 heavy (non-hydrogen) atoms. The van der Waals surface area contributed by atoms with E-state index >= 15 is 0 Å². The van der Waals surface area contributed by atoms with E-state index in [1.165, 1.54) is 6.07 Å². The maximum absolute atomic E-state index is 13.1. The van der Waals surface area contributed by atoms with Crippen LogP contribution in [0.5, 0.6) is 0 Å². The normalized spacial score (nSPS) is 20.2. The van der Waals surface area contributed by atoms with Crippen LogP contribution < -0.4 is 5.73 Å². The lowest BCUT2D eigenvalue weighted by Crippen LogP contribution is -2.29. The Bertz CT molecular complexity index is 325. The van der Waals surface area contributed by atoms with Crippen molar-refractivity contribution in [2.45, 2.75) is 31.1 Å². The molecule has 0 aromatic carbocycles. The van der Waals surface area contributed by atoms with Crippen LogP contribution in [-0.2, 0) is 5.41 Å². The second kappa shape index (κ2) is 2.21. The predicted octanol–water partition coefficient (Wildman–Crippen LogP) is 1.94. The molecule has 1 aliphatic carbocycles. The summed E-state index contributed by atoms with van der Waals surface area (Å²) in [6.07, 6.45) is 0.871. The standard InChI is InChI=1S/C8H10F2N2O/c1-7(9,10)8(2-3-8)5-4-6(11)12-13-5/h4H,2-3H2,1H3,(H2,11,12). The number of alkyl halides is 2. The topological polar surface area (TPSA) is 52.0 Å². The zero-order chi connectivity index (χ0) is 9.69. The van der Waals surface area contributed by atoms with Gasteiger partial charge >= 0.3 is 0 Å². The van der Waals surface area contributed by atoms with Gasteiger partial charge in [-0.25, -0.2) is 8.78 Å². The molecule has 72 valence electrons. The number of hydrogen-bond acceptors (Lipinski definition) is 3. The molecule has 1 heterocycles. The molecule has 1 saturated carbocycles. The van der Waals surface area contributed by atoms with E-state index in [-0.39, 0.29) is 11.6 Å². The van der Waals surface area contributed by atoms with E-state index in [9.17, 15) is 8.78 Å². The average molecular weight is 188 g/mol. The van der Waals surface area contributed by atoms with Crippen molar-refractivity contribution in [1.29, 1.82) is 0 Å². The Morgan fingerprint density at radius 2 is 2.23 bits per heavy atom. The van der Waals surface area contributed by atoms with E-state index in [1.807, 2.05) is 0 Å². The Balaban J connectivity index is 2.36. The summed E-state index contributed by atoms with van der Waals surface area (Å²) in [5.74, 6) is -2.40. The van der Waals surface area contributed by atoms with Gasteiger partial charge in [0.2, 0.25) is 0 Å². The molecule has 0 amide bonds. The number of anilines is 1. The van der Waals surface area contributed by atoms with Crippen molar-refractivity contribution < 1.29 is 13.3 Å². The molecule has 0 unspecified atom stereocenters. The fourth-order valence-electron chi connectivity index (χ4n) is 1.54. The highest BCUT2D eigenvalue weighted by Crippen LogP contribution is 2.58. The minimum atomic E-state index is -2.76. The fraction of sp³-hybridized carbons (Fsp3) is 0.625. The summed E-state index contributed by atoms with van der Waals surface area (Å²) in [4.78, 5) is 0. The molecule has 1 aromatic rings. The highest BCUT2D eigenvalue weighted by atomic mass is 19.3. The van der Waals surface area contributed by atoms with Crippen molar-refractivity contribution in [1.82, 2.24) is 5.16 Å². The van der Waals surface area contributed by atoms with Crippen LogP contribution in [0.25, 0.3) is 0 Å². The minimum Gasteiger partial charge on any atom is -0.381 e. The van der Waals surface area contributed by atoms with Crippen LogP contribution in [0.2, 0.25) is 0 Å². The molecular weight excluding hydrogens is 178 g/mol. The summed E-state index contributed by atoms with van der Waals surface area (Å²) < 4.78 is 31.0. The van der Waals surface area contributed by atoms with Gasteiger partial charge in [-0.2, -0.15) is 0 Å². The molecule has 5 heteroatoms. The first-order valence-electron chi connectivity index (χ1n) is 4.06. The zero-order valence-corrected chi connectivity index (χ0v) is 7.18. The van der Waals surface area contributed by atoms with E-state index in [0.29, 0.717) is 12.8 Å². The molecule has 0 atom stereocenters. The Morgan fingerprint density at radius 1 is 1.62 bits per heavy atom. The van der Waals surface area contributed by atoms with Crippen LogP contribution in [0.4, 0.5) is 14.6 Å². The van der Waals surface area contributed by atoms with Crippen LogP contribution >= 0.6 is 0 Å². The van der Waals surface area contributed by atoms with Gasteiger partial charge < -0.3 is 10.3 Å². The second-order valence-electron chi connectivity index (χ2n) is 3.59. The second-order valence-corrected chi connectivity index (χ2v) is 3.59. The summed E-state index contributed by atoms with van der Waals surface area (Å²) in [6.45, 7) is 0.901. The van der Waals surface area contributed by atoms with Crippen molar-refractivity contribution in [2.24, 2.45) is 0 Å². The van der Waals surface area contributed by atoms with Gasteiger partial charge in [0, 0.05) is 13.0 Å². The van der Waals surface area contributed by atoms with Crippen LogP contribution in [0.3, 0.4) is 0 Å². The van der Waals surface area contributed by atoms with Gasteiger partial charge in [-0.05, 0) is 12.8 Å². The Labute approximate surface area is 73.9 Å². The lowest BCUT2D eigenvalue weighted by molar-refractivity contribution is -0.0285. The smallest absolute Gasteiger partial charge is 0.258 e. The zero-order valence-electron chi connectivity index (χ0n) is 7.18. The molecule has 1 aliphatic rings. The average Bonchev–Trinajstić information content (AvgIpc) is 2.70. The first kappa shape index (κ1) is 8.47. The quantitative estimate of drug-likeness (QED) is 0.771. The van der Waals surface area contributed by atoms with Gasteiger partial charge in [0.05, 0.1) is 5.41 Å². The van der Waals surface area contributed by atoms with Gasteiger partial charge in [0.25, 0.3) is 5.92 Å². The third-order valence-electron chi connectivity index (χ3n) is 2.59. The third-order valence-corrected chi connectivity index (χ3v) is 2.59. The minimum absolute atomic E-state index is 0.158. The van der Waals surface area contributed by atoms with E-state index in [4.69, 9.17) is 10.3 Å². The summed E-state index contributed by atoms with van der Waals surface area (Å²) >= 11 is 0. The fourth-order valence-corrected chi connectivity index (χ4v) is 1.54. The summed E-state index contributed by atoms with van der Waals surface area (Å²) in [5, 5.41) is 3.41. The van der Waals surface area contributed by atoms with Crippen molar-refractivity contribution in [3.05, 3.63) is 11.8 Å². The largest absolute Gasteiger partial charge is 0.381 e.